The van der Waals surface area contributed by atoms with Crippen LogP contribution in [0.25, 0.3) is 0 Å². The number of hydrogen-bond donors (Lipinski definition) is 2. The first-order chi connectivity index (χ1) is 9.49. The summed E-state index contributed by atoms with van der Waals surface area (Å²) >= 11 is 4.41. The molecule has 1 rings (SSSR count). The Kier molecular flexibility index (Phi) is 6.69. The highest BCUT2D eigenvalue weighted by Gasteiger charge is 2.22. The van der Waals surface area contributed by atoms with Gasteiger partial charge in [-0.2, -0.15) is 0 Å². The van der Waals surface area contributed by atoms with E-state index in [0.29, 0.717) is 14.4 Å². The summed E-state index contributed by atoms with van der Waals surface area (Å²) in [4.78, 5) is 23.3. The van der Waals surface area contributed by atoms with Crippen LogP contribution in [0.15, 0.2) is 22.5 Å². The highest BCUT2D eigenvalue weighted by Crippen LogP contribution is 2.34. The van der Waals surface area contributed by atoms with Gasteiger partial charge >= 0.3 is 5.97 Å². The van der Waals surface area contributed by atoms with E-state index in [1.165, 1.54) is 19.3 Å². The highest BCUT2D eigenvalue weighted by molar-refractivity contribution is 9.11. The molecule has 1 aromatic rings. The van der Waals surface area contributed by atoms with Crippen LogP contribution < -0.4 is 10.1 Å². The van der Waals surface area contributed by atoms with Crippen molar-refractivity contribution in [2.24, 2.45) is 0 Å². The van der Waals surface area contributed by atoms with Gasteiger partial charge in [0, 0.05) is 6.07 Å². The van der Waals surface area contributed by atoms with E-state index in [-0.39, 0.29) is 13.2 Å². The van der Waals surface area contributed by atoms with Gasteiger partial charge < -0.3 is 19.9 Å². The lowest BCUT2D eigenvalue weighted by molar-refractivity contribution is -0.140. The average molecular weight is 364 g/mol. The van der Waals surface area contributed by atoms with Crippen molar-refractivity contribution in [3.63, 3.8) is 0 Å². The SMILES string of the molecule is C=CCOCC(NC(=O)c1cc(OC)c(Br)s1)C(=O)O. The van der Waals surface area contributed by atoms with E-state index in [9.17, 15) is 9.59 Å². The quantitative estimate of drug-likeness (QED) is 0.544. The molecule has 110 valence electrons. The van der Waals surface area contributed by atoms with Crippen LogP contribution in [0.1, 0.15) is 9.67 Å². The molecule has 1 heterocycles. The van der Waals surface area contributed by atoms with E-state index in [4.69, 9.17) is 14.6 Å². The number of aliphatic carboxylic acids is 1. The Labute approximate surface area is 128 Å². The van der Waals surface area contributed by atoms with Crippen molar-refractivity contribution in [1.82, 2.24) is 5.32 Å². The first-order valence-electron chi connectivity index (χ1n) is 5.55. The number of ether oxygens (including phenoxy) is 2. The molecule has 0 spiro atoms. The topological polar surface area (TPSA) is 84.9 Å². The van der Waals surface area contributed by atoms with E-state index in [0.717, 1.165) is 11.3 Å². The zero-order valence-corrected chi connectivity index (χ0v) is 13.1. The second-order valence-corrected chi connectivity index (χ2v) is 6.01. The molecule has 8 heteroatoms. The van der Waals surface area contributed by atoms with Crippen molar-refractivity contribution < 1.29 is 24.2 Å². The third-order valence-electron chi connectivity index (χ3n) is 2.22. The molecule has 0 aliphatic carbocycles. The van der Waals surface area contributed by atoms with E-state index in [1.807, 2.05) is 0 Å². The Morgan fingerprint density at radius 3 is 2.85 bits per heavy atom. The lowest BCUT2D eigenvalue weighted by Gasteiger charge is -2.13. The number of halogens is 1. The predicted octanol–water partition coefficient (Wildman–Crippen LogP) is 1.90. The van der Waals surface area contributed by atoms with Crippen molar-refractivity contribution in [2.45, 2.75) is 6.04 Å². The van der Waals surface area contributed by atoms with E-state index < -0.39 is 17.9 Å². The zero-order chi connectivity index (χ0) is 15.1. The van der Waals surface area contributed by atoms with Crippen LogP contribution >= 0.6 is 27.3 Å². The molecule has 0 radical (unpaired) electrons. The summed E-state index contributed by atoms with van der Waals surface area (Å²) in [6, 6.07) is 0.419. The van der Waals surface area contributed by atoms with Gasteiger partial charge in [0.25, 0.3) is 5.91 Å². The van der Waals surface area contributed by atoms with Crippen LogP contribution in [0.2, 0.25) is 0 Å². The van der Waals surface area contributed by atoms with Crippen LogP contribution in [0.5, 0.6) is 5.75 Å². The van der Waals surface area contributed by atoms with E-state index in [2.05, 4.69) is 27.8 Å². The molecule has 1 amide bonds. The lowest BCUT2D eigenvalue weighted by atomic mass is 10.3. The van der Waals surface area contributed by atoms with Crippen LogP contribution in [0.4, 0.5) is 0 Å². The standard InChI is InChI=1S/C12H14BrNO5S/c1-3-4-19-6-7(12(16)17)14-11(15)9-5-8(18-2)10(13)20-9/h3,5,7H,1,4,6H2,2H3,(H,14,15)(H,16,17). The van der Waals surface area contributed by atoms with Crippen LogP contribution in [-0.4, -0.2) is 43.3 Å². The maximum Gasteiger partial charge on any atom is 0.328 e. The fourth-order valence-corrected chi connectivity index (χ4v) is 2.83. The van der Waals surface area contributed by atoms with Gasteiger partial charge in [0.15, 0.2) is 6.04 Å². The predicted molar refractivity (Wildman–Crippen MR) is 78.5 cm³/mol. The minimum atomic E-state index is -1.16. The summed E-state index contributed by atoms with van der Waals surface area (Å²) in [5, 5.41) is 11.4. The number of methoxy groups -OCH3 is 1. The van der Waals surface area contributed by atoms with Gasteiger partial charge in [-0.05, 0) is 15.9 Å². The number of carboxylic acid groups (broad SMARTS) is 1. The summed E-state index contributed by atoms with van der Waals surface area (Å²) < 4.78 is 10.8. The van der Waals surface area contributed by atoms with Crippen molar-refractivity contribution in [3.8, 4) is 5.75 Å². The molecule has 0 bridgehead atoms. The normalized spacial score (nSPS) is 11.7. The number of carbonyl (C=O) groups excluding carboxylic acids is 1. The highest BCUT2D eigenvalue weighted by atomic mass is 79.9. The number of hydrogen-bond acceptors (Lipinski definition) is 5. The van der Waals surface area contributed by atoms with Gasteiger partial charge in [0.2, 0.25) is 0 Å². The van der Waals surface area contributed by atoms with Gasteiger partial charge in [-0.25, -0.2) is 4.79 Å². The molecular weight excluding hydrogens is 350 g/mol. The number of amides is 1. The number of thiophene rings is 1. The zero-order valence-electron chi connectivity index (χ0n) is 10.7. The molecular formula is C12H14BrNO5S. The molecule has 2 N–H and O–H groups in total. The van der Waals surface area contributed by atoms with E-state index in [1.54, 1.807) is 0 Å². The Morgan fingerprint density at radius 2 is 2.35 bits per heavy atom. The van der Waals surface area contributed by atoms with Gasteiger partial charge in [-0.15, -0.1) is 17.9 Å². The van der Waals surface area contributed by atoms with E-state index >= 15 is 0 Å². The lowest BCUT2D eigenvalue weighted by Crippen LogP contribution is -2.43. The molecule has 0 aromatic carbocycles. The Balaban J connectivity index is 2.69. The molecule has 20 heavy (non-hydrogen) atoms. The molecule has 1 atom stereocenters. The number of rotatable bonds is 8. The first-order valence-corrected chi connectivity index (χ1v) is 7.16. The molecule has 1 unspecified atom stereocenters. The second kappa shape index (κ2) is 8.03. The third-order valence-corrected chi connectivity index (χ3v) is 4.00. The summed E-state index contributed by atoms with van der Waals surface area (Å²) in [6.07, 6.45) is 1.50. The smallest absolute Gasteiger partial charge is 0.328 e. The maximum absolute atomic E-state index is 12.0. The monoisotopic (exact) mass is 363 g/mol. The Morgan fingerprint density at radius 1 is 1.65 bits per heavy atom. The van der Waals surface area contributed by atoms with Gasteiger partial charge in [0.05, 0.1) is 25.2 Å². The second-order valence-electron chi connectivity index (χ2n) is 3.64. The van der Waals surface area contributed by atoms with Crippen molar-refractivity contribution in [3.05, 3.63) is 27.4 Å². The minimum Gasteiger partial charge on any atom is -0.495 e. The Hall–Kier alpha value is -1.38. The maximum atomic E-state index is 12.0. The number of nitrogens with one attached hydrogen (secondary N) is 1. The molecule has 1 aromatic heterocycles. The number of carbonyl (C=O) groups is 2. The summed E-state index contributed by atoms with van der Waals surface area (Å²) in [6.45, 7) is 3.55. The van der Waals surface area contributed by atoms with Crippen molar-refractivity contribution in [1.29, 1.82) is 0 Å². The van der Waals surface area contributed by atoms with Crippen molar-refractivity contribution in [2.75, 3.05) is 20.3 Å². The van der Waals surface area contributed by atoms with Gasteiger partial charge in [0.1, 0.15) is 9.54 Å². The van der Waals surface area contributed by atoms with Crippen LogP contribution in [0, 0.1) is 0 Å². The molecule has 0 aliphatic heterocycles. The van der Waals surface area contributed by atoms with Crippen LogP contribution in [0.3, 0.4) is 0 Å². The summed E-state index contributed by atoms with van der Waals surface area (Å²) in [7, 11) is 1.48. The molecule has 0 fully saturated rings. The molecule has 0 aliphatic rings. The molecule has 6 nitrogen and oxygen atoms in total. The summed E-state index contributed by atoms with van der Waals surface area (Å²) in [5.41, 5.74) is 0. The van der Waals surface area contributed by atoms with Gasteiger partial charge in [-0.1, -0.05) is 6.08 Å². The average Bonchev–Trinajstić information content (AvgIpc) is 2.78. The third kappa shape index (κ3) is 4.62. The summed E-state index contributed by atoms with van der Waals surface area (Å²) in [5.74, 6) is -1.13. The Bertz CT molecular complexity index is 502. The first kappa shape index (κ1) is 16.7. The van der Waals surface area contributed by atoms with Crippen molar-refractivity contribution >= 4 is 39.1 Å². The minimum absolute atomic E-state index is 0.128. The number of carboxylic acids is 1. The largest absolute Gasteiger partial charge is 0.495 e. The molecule has 0 saturated heterocycles. The van der Waals surface area contributed by atoms with Crippen LogP contribution in [-0.2, 0) is 9.53 Å². The molecule has 0 saturated carbocycles. The van der Waals surface area contributed by atoms with Gasteiger partial charge in [-0.3, -0.25) is 4.79 Å². The fraction of sp³-hybridized carbons (Fsp3) is 0.333. The fourth-order valence-electron chi connectivity index (χ4n) is 1.28.